The molecule has 0 radical (unpaired) electrons. The number of nitrogens with two attached hydrogens (primary N) is 1. The van der Waals surface area contributed by atoms with Crippen molar-refractivity contribution in [2.24, 2.45) is 5.73 Å². The molecule has 3 heteroatoms. The maximum absolute atomic E-state index is 5.88. The monoisotopic (exact) mass is 206 g/mol. The summed E-state index contributed by atoms with van der Waals surface area (Å²) in [5.74, 6) is 0. The van der Waals surface area contributed by atoms with Gasteiger partial charge in [-0.25, -0.2) is 4.98 Å². The van der Waals surface area contributed by atoms with Gasteiger partial charge in [0, 0.05) is 11.9 Å². The van der Waals surface area contributed by atoms with Gasteiger partial charge in [0.05, 0.1) is 5.52 Å². The smallest absolute Gasteiger partial charge is 0.130 e. The fourth-order valence-electron chi connectivity index (χ4n) is 1.54. The highest BCUT2D eigenvalue weighted by atomic mass is 35.5. The Morgan fingerprint density at radius 1 is 1.36 bits per heavy atom. The van der Waals surface area contributed by atoms with Crippen LogP contribution in [0.2, 0.25) is 5.15 Å². The fourth-order valence-corrected chi connectivity index (χ4v) is 1.77. The average molecular weight is 207 g/mol. The molecule has 0 aliphatic rings. The molecule has 0 fully saturated rings. The second-order valence-electron chi connectivity index (χ2n) is 3.33. The molecule has 0 spiro atoms. The van der Waals surface area contributed by atoms with Crippen molar-refractivity contribution in [3.05, 3.63) is 40.5 Å². The number of pyridine rings is 1. The summed E-state index contributed by atoms with van der Waals surface area (Å²) in [6, 6.07) is 7.89. The fraction of sp³-hybridized carbons (Fsp3) is 0.182. The van der Waals surface area contributed by atoms with Gasteiger partial charge in [-0.2, -0.15) is 0 Å². The van der Waals surface area contributed by atoms with Crippen molar-refractivity contribution in [2.75, 3.05) is 0 Å². The van der Waals surface area contributed by atoms with Crippen molar-refractivity contribution in [1.82, 2.24) is 4.98 Å². The highest BCUT2D eigenvalue weighted by Gasteiger charge is 2.03. The van der Waals surface area contributed by atoms with E-state index in [4.69, 9.17) is 17.3 Å². The first-order valence-corrected chi connectivity index (χ1v) is 4.84. The van der Waals surface area contributed by atoms with Crippen LogP contribution in [0.4, 0.5) is 0 Å². The summed E-state index contributed by atoms with van der Waals surface area (Å²) in [6.07, 6.45) is 0. The molecule has 14 heavy (non-hydrogen) atoms. The maximum atomic E-state index is 5.88. The summed E-state index contributed by atoms with van der Waals surface area (Å²) in [4.78, 5) is 4.24. The minimum Gasteiger partial charge on any atom is -0.326 e. The average Bonchev–Trinajstić information content (AvgIpc) is 2.17. The van der Waals surface area contributed by atoms with Gasteiger partial charge in [0.15, 0.2) is 0 Å². The number of hydrogen-bond donors (Lipinski definition) is 1. The predicted octanol–water partition coefficient (Wildman–Crippen LogP) is 2.66. The number of fused-ring (bicyclic) bond motifs is 1. The van der Waals surface area contributed by atoms with Crippen molar-refractivity contribution in [3.8, 4) is 0 Å². The molecule has 1 aromatic carbocycles. The van der Waals surface area contributed by atoms with Crippen LogP contribution in [0.3, 0.4) is 0 Å². The molecule has 2 aromatic rings. The Kier molecular flexibility index (Phi) is 2.40. The van der Waals surface area contributed by atoms with E-state index in [-0.39, 0.29) is 0 Å². The first kappa shape index (κ1) is 9.44. The number of aryl methyl sites for hydroxylation is 1. The second kappa shape index (κ2) is 3.56. The first-order chi connectivity index (χ1) is 6.70. The lowest BCUT2D eigenvalue weighted by Gasteiger charge is -2.05. The molecule has 0 saturated heterocycles. The number of benzene rings is 1. The largest absolute Gasteiger partial charge is 0.326 e. The first-order valence-electron chi connectivity index (χ1n) is 4.46. The van der Waals surface area contributed by atoms with Crippen molar-refractivity contribution in [3.63, 3.8) is 0 Å². The van der Waals surface area contributed by atoms with Gasteiger partial charge in [0.1, 0.15) is 5.15 Å². The van der Waals surface area contributed by atoms with Crippen LogP contribution in [0.1, 0.15) is 11.1 Å². The lowest BCUT2D eigenvalue weighted by atomic mass is 10.1. The Morgan fingerprint density at radius 3 is 2.86 bits per heavy atom. The number of aromatic nitrogens is 1. The van der Waals surface area contributed by atoms with E-state index in [1.807, 2.05) is 25.1 Å². The van der Waals surface area contributed by atoms with Gasteiger partial charge in [-0.3, -0.25) is 0 Å². The van der Waals surface area contributed by atoms with Crippen LogP contribution in [0.5, 0.6) is 0 Å². The third kappa shape index (κ3) is 1.59. The number of halogens is 1. The standard InChI is InChI=1S/C11H11ClN2/c1-7-2-3-10-9(4-7)8(6-13)5-11(12)14-10/h2-5H,6,13H2,1H3. The minimum atomic E-state index is 0.488. The van der Waals surface area contributed by atoms with E-state index in [0.717, 1.165) is 16.5 Å². The zero-order chi connectivity index (χ0) is 10.1. The summed E-state index contributed by atoms with van der Waals surface area (Å²) >= 11 is 5.88. The zero-order valence-electron chi connectivity index (χ0n) is 7.92. The van der Waals surface area contributed by atoms with E-state index >= 15 is 0 Å². The van der Waals surface area contributed by atoms with Gasteiger partial charge >= 0.3 is 0 Å². The quantitative estimate of drug-likeness (QED) is 0.729. The van der Waals surface area contributed by atoms with Crippen molar-refractivity contribution in [1.29, 1.82) is 0 Å². The Balaban J connectivity index is 2.81. The number of hydrogen-bond acceptors (Lipinski definition) is 2. The third-order valence-corrected chi connectivity index (χ3v) is 2.43. The molecule has 0 bridgehead atoms. The predicted molar refractivity (Wildman–Crippen MR) is 59.4 cm³/mol. The summed E-state index contributed by atoms with van der Waals surface area (Å²) in [5.41, 5.74) is 8.80. The van der Waals surface area contributed by atoms with E-state index in [2.05, 4.69) is 11.1 Å². The molecular formula is C11H11ClN2. The van der Waals surface area contributed by atoms with Crippen LogP contribution in [-0.4, -0.2) is 4.98 Å². The normalized spacial score (nSPS) is 10.8. The topological polar surface area (TPSA) is 38.9 Å². The van der Waals surface area contributed by atoms with Gasteiger partial charge in [-0.15, -0.1) is 0 Å². The minimum absolute atomic E-state index is 0.488. The summed E-state index contributed by atoms with van der Waals surface area (Å²) < 4.78 is 0. The molecule has 0 atom stereocenters. The van der Waals surface area contributed by atoms with E-state index in [0.29, 0.717) is 11.7 Å². The van der Waals surface area contributed by atoms with Crippen LogP contribution >= 0.6 is 11.6 Å². The summed E-state index contributed by atoms with van der Waals surface area (Å²) in [7, 11) is 0. The molecule has 0 aliphatic carbocycles. The maximum Gasteiger partial charge on any atom is 0.130 e. The molecule has 2 rings (SSSR count). The summed E-state index contributed by atoms with van der Waals surface area (Å²) in [6.45, 7) is 2.54. The molecule has 0 unspecified atom stereocenters. The Labute approximate surface area is 87.7 Å². The van der Waals surface area contributed by atoms with E-state index in [9.17, 15) is 0 Å². The Hall–Kier alpha value is -1.12. The molecule has 2 N–H and O–H groups in total. The number of nitrogens with zero attached hydrogens (tertiary/aromatic N) is 1. The van der Waals surface area contributed by atoms with Crippen LogP contribution in [0.25, 0.3) is 10.9 Å². The van der Waals surface area contributed by atoms with Crippen LogP contribution < -0.4 is 5.73 Å². The second-order valence-corrected chi connectivity index (χ2v) is 3.72. The van der Waals surface area contributed by atoms with Crippen molar-refractivity contribution >= 4 is 22.5 Å². The van der Waals surface area contributed by atoms with Gasteiger partial charge in [-0.05, 0) is 30.7 Å². The van der Waals surface area contributed by atoms with Crippen LogP contribution in [0.15, 0.2) is 24.3 Å². The van der Waals surface area contributed by atoms with Crippen LogP contribution in [-0.2, 0) is 6.54 Å². The van der Waals surface area contributed by atoms with Crippen LogP contribution in [0, 0.1) is 6.92 Å². The van der Waals surface area contributed by atoms with Crippen molar-refractivity contribution in [2.45, 2.75) is 13.5 Å². The molecule has 72 valence electrons. The Morgan fingerprint density at radius 2 is 2.14 bits per heavy atom. The SMILES string of the molecule is Cc1ccc2nc(Cl)cc(CN)c2c1. The van der Waals surface area contributed by atoms with E-state index < -0.39 is 0 Å². The molecule has 0 saturated carbocycles. The van der Waals surface area contributed by atoms with Gasteiger partial charge in [0.25, 0.3) is 0 Å². The zero-order valence-corrected chi connectivity index (χ0v) is 8.67. The molecular weight excluding hydrogens is 196 g/mol. The van der Waals surface area contributed by atoms with Gasteiger partial charge < -0.3 is 5.73 Å². The molecule has 1 heterocycles. The highest BCUT2D eigenvalue weighted by Crippen LogP contribution is 2.21. The molecule has 0 amide bonds. The van der Waals surface area contributed by atoms with E-state index in [1.54, 1.807) is 0 Å². The third-order valence-electron chi connectivity index (χ3n) is 2.24. The summed E-state index contributed by atoms with van der Waals surface area (Å²) in [5, 5.41) is 1.60. The van der Waals surface area contributed by atoms with E-state index in [1.165, 1.54) is 5.56 Å². The molecule has 0 aliphatic heterocycles. The lowest BCUT2D eigenvalue weighted by molar-refractivity contribution is 1.08. The molecule has 2 nitrogen and oxygen atoms in total. The van der Waals surface area contributed by atoms with Crippen molar-refractivity contribution < 1.29 is 0 Å². The van der Waals surface area contributed by atoms with Gasteiger partial charge in [0.2, 0.25) is 0 Å². The highest BCUT2D eigenvalue weighted by molar-refractivity contribution is 6.29. The number of rotatable bonds is 1. The molecule has 1 aromatic heterocycles. The van der Waals surface area contributed by atoms with Gasteiger partial charge in [-0.1, -0.05) is 23.2 Å². The lowest BCUT2D eigenvalue weighted by Crippen LogP contribution is -1.98. The Bertz CT molecular complexity index is 480.